The molecule has 2 atom stereocenters. The molecule has 0 bridgehead atoms. The van der Waals surface area contributed by atoms with E-state index in [1.165, 1.54) is 0 Å². The van der Waals surface area contributed by atoms with Crippen LogP contribution in [0, 0.1) is 5.92 Å². The molecule has 1 aliphatic heterocycles. The molecular formula is C18H25ClN2O3. The number of benzene rings is 1. The van der Waals surface area contributed by atoms with Gasteiger partial charge in [0.2, 0.25) is 5.91 Å². The topological polar surface area (TPSA) is 69.6 Å². The molecule has 2 rings (SSSR count). The third-order valence-electron chi connectivity index (χ3n) is 4.62. The number of carboxylic acid groups (broad SMARTS) is 1. The van der Waals surface area contributed by atoms with Crippen molar-refractivity contribution in [3.8, 4) is 0 Å². The van der Waals surface area contributed by atoms with Crippen molar-refractivity contribution in [2.24, 2.45) is 5.92 Å². The summed E-state index contributed by atoms with van der Waals surface area (Å²) in [6.45, 7) is 4.08. The van der Waals surface area contributed by atoms with E-state index in [0.29, 0.717) is 23.9 Å². The maximum Gasteiger partial charge on any atom is 0.303 e. The van der Waals surface area contributed by atoms with Crippen molar-refractivity contribution < 1.29 is 14.7 Å². The van der Waals surface area contributed by atoms with Gasteiger partial charge < -0.3 is 10.4 Å². The first-order valence-electron chi connectivity index (χ1n) is 8.43. The number of halogens is 1. The number of hydrogen-bond acceptors (Lipinski definition) is 3. The van der Waals surface area contributed by atoms with Crippen LogP contribution in [0.5, 0.6) is 0 Å². The Kier molecular flexibility index (Phi) is 7.06. The summed E-state index contributed by atoms with van der Waals surface area (Å²) in [5, 5.41) is 12.5. The zero-order chi connectivity index (χ0) is 17.5. The summed E-state index contributed by atoms with van der Waals surface area (Å²) in [4.78, 5) is 25.3. The number of nitrogens with zero attached hydrogens (tertiary/aromatic N) is 1. The number of carbonyl (C=O) groups is 2. The lowest BCUT2D eigenvalue weighted by Gasteiger charge is -2.36. The van der Waals surface area contributed by atoms with Crippen LogP contribution in [-0.2, 0) is 16.1 Å². The number of hydrogen-bond donors (Lipinski definition) is 2. The summed E-state index contributed by atoms with van der Waals surface area (Å²) in [6, 6.07) is 7.21. The number of amides is 1. The molecule has 0 aromatic heterocycles. The normalized spacial score (nSPS) is 19.7. The molecule has 0 saturated carbocycles. The molecule has 1 amide bonds. The molecule has 132 valence electrons. The number of likely N-dealkylation sites (tertiary alicyclic amines) is 1. The Balaban J connectivity index is 1.80. The van der Waals surface area contributed by atoms with Gasteiger partial charge in [0, 0.05) is 24.5 Å². The minimum Gasteiger partial charge on any atom is -0.481 e. The third kappa shape index (κ3) is 5.80. The van der Waals surface area contributed by atoms with Gasteiger partial charge in [-0.05, 0) is 56.3 Å². The minimum absolute atomic E-state index is 0.00355. The molecule has 2 N–H and O–H groups in total. The highest BCUT2D eigenvalue weighted by Crippen LogP contribution is 2.22. The van der Waals surface area contributed by atoms with Crippen LogP contribution in [0.1, 0.15) is 38.2 Å². The molecule has 1 aliphatic rings. The van der Waals surface area contributed by atoms with Gasteiger partial charge in [-0.3, -0.25) is 14.5 Å². The number of rotatable bonds is 7. The first kappa shape index (κ1) is 18.7. The number of piperidine rings is 1. The lowest BCUT2D eigenvalue weighted by Crippen LogP contribution is -2.49. The first-order chi connectivity index (χ1) is 11.5. The molecule has 2 unspecified atom stereocenters. The van der Waals surface area contributed by atoms with Crippen LogP contribution in [0.3, 0.4) is 0 Å². The van der Waals surface area contributed by atoms with Gasteiger partial charge in [0.25, 0.3) is 0 Å². The number of carbonyl (C=O) groups excluding carboxylic acids is 1. The second kappa shape index (κ2) is 9.04. The minimum atomic E-state index is -0.749. The summed E-state index contributed by atoms with van der Waals surface area (Å²) in [7, 11) is 0. The van der Waals surface area contributed by atoms with E-state index < -0.39 is 5.97 Å². The van der Waals surface area contributed by atoms with Crippen molar-refractivity contribution in [1.82, 2.24) is 10.2 Å². The van der Waals surface area contributed by atoms with E-state index in [9.17, 15) is 9.59 Å². The summed E-state index contributed by atoms with van der Waals surface area (Å²) in [5.41, 5.74) is 1.01. The van der Waals surface area contributed by atoms with Crippen LogP contribution in [0.4, 0.5) is 0 Å². The SMILES string of the molecule is CC(C(=O)NCc1ccc(Cl)cc1)N1CCCC(CCC(=O)O)C1. The molecule has 1 saturated heterocycles. The van der Waals surface area contributed by atoms with E-state index in [2.05, 4.69) is 10.2 Å². The molecule has 24 heavy (non-hydrogen) atoms. The lowest BCUT2D eigenvalue weighted by molar-refractivity contribution is -0.137. The van der Waals surface area contributed by atoms with Gasteiger partial charge in [-0.25, -0.2) is 0 Å². The predicted molar refractivity (Wildman–Crippen MR) is 93.9 cm³/mol. The highest BCUT2D eigenvalue weighted by atomic mass is 35.5. The predicted octanol–water partition coefficient (Wildman–Crippen LogP) is 2.92. The quantitative estimate of drug-likeness (QED) is 0.791. The number of aliphatic carboxylic acids is 1. The van der Waals surface area contributed by atoms with Crippen LogP contribution in [0.25, 0.3) is 0 Å². The average Bonchev–Trinajstić information content (AvgIpc) is 2.58. The van der Waals surface area contributed by atoms with Gasteiger partial charge >= 0.3 is 5.97 Å². The zero-order valence-corrected chi connectivity index (χ0v) is 14.8. The smallest absolute Gasteiger partial charge is 0.303 e. The summed E-state index contributed by atoms with van der Waals surface area (Å²) in [6.07, 6.45) is 2.95. The van der Waals surface area contributed by atoms with E-state index >= 15 is 0 Å². The largest absolute Gasteiger partial charge is 0.481 e. The molecule has 6 heteroatoms. The Morgan fingerprint density at radius 1 is 1.38 bits per heavy atom. The highest BCUT2D eigenvalue weighted by Gasteiger charge is 2.27. The van der Waals surface area contributed by atoms with Crippen molar-refractivity contribution in [2.75, 3.05) is 13.1 Å². The van der Waals surface area contributed by atoms with Gasteiger partial charge in [0.05, 0.1) is 6.04 Å². The van der Waals surface area contributed by atoms with Gasteiger partial charge in [0.15, 0.2) is 0 Å². The Morgan fingerprint density at radius 2 is 2.08 bits per heavy atom. The number of carboxylic acids is 1. The van der Waals surface area contributed by atoms with Crippen LogP contribution in [-0.4, -0.2) is 41.0 Å². The molecule has 1 aromatic rings. The van der Waals surface area contributed by atoms with E-state index in [-0.39, 0.29) is 18.4 Å². The van der Waals surface area contributed by atoms with Crippen LogP contribution >= 0.6 is 11.6 Å². The Hall–Kier alpha value is -1.59. The highest BCUT2D eigenvalue weighted by molar-refractivity contribution is 6.30. The second-order valence-corrected chi connectivity index (χ2v) is 6.89. The van der Waals surface area contributed by atoms with E-state index in [4.69, 9.17) is 16.7 Å². The maximum absolute atomic E-state index is 12.4. The van der Waals surface area contributed by atoms with Gasteiger partial charge in [-0.1, -0.05) is 23.7 Å². The molecule has 0 aliphatic carbocycles. The van der Waals surface area contributed by atoms with Crippen molar-refractivity contribution in [2.45, 2.75) is 45.2 Å². The standard InChI is InChI=1S/C18H25ClN2O3/c1-13(18(24)20-11-14-4-7-16(19)8-5-14)21-10-2-3-15(12-21)6-9-17(22)23/h4-5,7-8,13,15H,2-3,6,9-12H2,1H3,(H,20,24)(H,22,23). The fraction of sp³-hybridized carbons (Fsp3) is 0.556. The molecular weight excluding hydrogens is 328 g/mol. The number of nitrogens with one attached hydrogen (secondary N) is 1. The fourth-order valence-corrected chi connectivity index (χ4v) is 3.24. The first-order valence-corrected chi connectivity index (χ1v) is 8.81. The van der Waals surface area contributed by atoms with Gasteiger partial charge in [0.1, 0.15) is 0 Å². The molecule has 1 heterocycles. The Morgan fingerprint density at radius 3 is 2.75 bits per heavy atom. The van der Waals surface area contributed by atoms with Gasteiger partial charge in [-0.2, -0.15) is 0 Å². The van der Waals surface area contributed by atoms with Crippen LogP contribution in [0.2, 0.25) is 5.02 Å². The molecule has 0 spiro atoms. The summed E-state index contributed by atoms with van der Waals surface area (Å²) < 4.78 is 0. The van der Waals surface area contributed by atoms with Gasteiger partial charge in [-0.15, -0.1) is 0 Å². The van der Waals surface area contributed by atoms with E-state index in [1.54, 1.807) is 0 Å². The van der Waals surface area contributed by atoms with Crippen molar-refractivity contribution in [3.63, 3.8) is 0 Å². The Bertz CT molecular complexity index is 562. The second-order valence-electron chi connectivity index (χ2n) is 6.46. The Labute approximate surface area is 148 Å². The van der Waals surface area contributed by atoms with Crippen molar-refractivity contribution >= 4 is 23.5 Å². The van der Waals surface area contributed by atoms with Crippen LogP contribution in [0.15, 0.2) is 24.3 Å². The average molecular weight is 353 g/mol. The summed E-state index contributed by atoms with van der Waals surface area (Å²) in [5.74, 6) is -0.383. The molecule has 0 radical (unpaired) electrons. The van der Waals surface area contributed by atoms with Crippen LogP contribution < -0.4 is 5.32 Å². The van der Waals surface area contributed by atoms with Crippen molar-refractivity contribution in [1.29, 1.82) is 0 Å². The summed E-state index contributed by atoms with van der Waals surface area (Å²) >= 11 is 5.85. The van der Waals surface area contributed by atoms with E-state index in [0.717, 1.165) is 31.5 Å². The lowest BCUT2D eigenvalue weighted by atomic mass is 9.92. The van der Waals surface area contributed by atoms with Crippen molar-refractivity contribution in [3.05, 3.63) is 34.9 Å². The monoisotopic (exact) mass is 352 g/mol. The maximum atomic E-state index is 12.4. The molecule has 5 nitrogen and oxygen atoms in total. The fourth-order valence-electron chi connectivity index (χ4n) is 3.12. The molecule has 1 fully saturated rings. The zero-order valence-electron chi connectivity index (χ0n) is 14.0. The van der Waals surface area contributed by atoms with E-state index in [1.807, 2.05) is 31.2 Å². The molecule has 1 aromatic carbocycles. The third-order valence-corrected chi connectivity index (χ3v) is 4.88.